The molecular weight excluding hydrogens is 318 g/mol. The number of carbonyl (C=O) groups is 1. The normalized spacial score (nSPS) is 10.3. The fraction of sp³-hybridized carbons (Fsp3) is 0.0714. The molecule has 98 valence electrons. The molecule has 2 rings (SSSR count). The van der Waals surface area contributed by atoms with Crippen molar-refractivity contribution in [3.63, 3.8) is 0 Å². The van der Waals surface area contributed by atoms with Crippen LogP contribution in [-0.4, -0.2) is 12.9 Å². The number of benzene rings is 2. The molecule has 0 radical (unpaired) electrons. The van der Waals surface area contributed by atoms with Crippen molar-refractivity contribution in [1.82, 2.24) is 0 Å². The largest absolute Gasteiger partial charge is 0.496 e. The predicted octanol–water partition coefficient (Wildman–Crippen LogP) is 3.97. The Kier molecular flexibility index (Phi) is 3.95. The second kappa shape index (κ2) is 5.48. The third-order valence-corrected chi connectivity index (χ3v) is 3.20. The van der Waals surface area contributed by atoms with E-state index in [1.54, 1.807) is 0 Å². The van der Waals surface area contributed by atoms with Gasteiger partial charge in [-0.2, -0.15) is 0 Å². The van der Waals surface area contributed by atoms with E-state index >= 15 is 0 Å². The monoisotopic (exact) mass is 326 g/mol. The Labute approximate surface area is 117 Å². The summed E-state index contributed by atoms with van der Waals surface area (Å²) >= 11 is 3.00. The molecule has 0 amide bonds. The first-order chi connectivity index (χ1) is 9.02. The third-order valence-electron chi connectivity index (χ3n) is 2.59. The van der Waals surface area contributed by atoms with E-state index in [-0.39, 0.29) is 21.3 Å². The average Bonchev–Trinajstić information content (AvgIpc) is 2.41. The van der Waals surface area contributed by atoms with Gasteiger partial charge in [-0.05, 0) is 52.3 Å². The van der Waals surface area contributed by atoms with Gasteiger partial charge in [-0.15, -0.1) is 0 Å². The summed E-state index contributed by atoms with van der Waals surface area (Å²) in [5.41, 5.74) is 0.346. The Morgan fingerprint density at radius 1 is 1.16 bits per heavy atom. The number of hydrogen-bond donors (Lipinski definition) is 0. The predicted molar refractivity (Wildman–Crippen MR) is 70.5 cm³/mol. The number of hydrogen-bond acceptors (Lipinski definition) is 2. The van der Waals surface area contributed by atoms with Gasteiger partial charge in [0.05, 0.1) is 17.1 Å². The highest BCUT2D eigenvalue weighted by Crippen LogP contribution is 2.24. The molecule has 0 fully saturated rings. The number of carbonyl (C=O) groups excluding carboxylic acids is 1. The van der Waals surface area contributed by atoms with Gasteiger partial charge in [-0.3, -0.25) is 4.79 Å². The molecule has 2 aromatic carbocycles. The molecule has 0 aliphatic carbocycles. The van der Waals surface area contributed by atoms with Crippen LogP contribution in [0.1, 0.15) is 15.9 Å². The van der Waals surface area contributed by atoms with E-state index < -0.39 is 17.4 Å². The van der Waals surface area contributed by atoms with Crippen molar-refractivity contribution in [2.24, 2.45) is 0 Å². The van der Waals surface area contributed by atoms with Gasteiger partial charge in [0.1, 0.15) is 17.4 Å². The van der Waals surface area contributed by atoms with Crippen molar-refractivity contribution in [2.45, 2.75) is 0 Å². The molecule has 0 atom stereocenters. The molecule has 0 aromatic heterocycles. The second-order valence-corrected chi connectivity index (χ2v) is 4.66. The lowest BCUT2D eigenvalue weighted by Gasteiger charge is -2.08. The van der Waals surface area contributed by atoms with Gasteiger partial charge >= 0.3 is 0 Å². The Bertz CT molecular complexity index is 641. The lowest BCUT2D eigenvalue weighted by molar-refractivity contribution is 0.103. The Morgan fingerprint density at radius 3 is 2.53 bits per heavy atom. The van der Waals surface area contributed by atoms with E-state index in [1.165, 1.54) is 37.4 Å². The standard InChI is InChI=1S/C14H9BrF2O2/c1-19-13-5-3-9(16)7-10(13)14(18)8-2-4-12(17)11(15)6-8/h2-7H,1H3. The maximum absolute atomic E-state index is 13.2. The first kappa shape index (κ1) is 13.7. The van der Waals surface area contributed by atoms with Gasteiger partial charge in [0, 0.05) is 5.56 Å². The number of ketones is 1. The zero-order valence-electron chi connectivity index (χ0n) is 9.91. The lowest BCUT2D eigenvalue weighted by atomic mass is 10.0. The quantitative estimate of drug-likeness (QED) is 0.798. The highest BCUT2D eigenvalue weighted by molar-refractivity contribution is 9.10. The summed E-state index contributed by atoms with van der Waals surface area (Å²) in [5.74, 6) is -1.17. The molecule has 0 bridgehead atoms. The van der Waals surface area contributed by atoms with E-state index in [0.717, 1.165) is 6.07 Å². The van der Waals surface area contributed by atoms with Crippen molar-refractivity contribution in [2.75, 3.05) is 7.11 Å². The highest BCUT2D eigenvalue weighted by atomic mass is 79.9. The topological polar surface area (TPSA) is 26.3 Å². The smallest absolute Gasteiger partial charge is 0.196 e. The molecule has 0 unspecified atom stereocenters. The molecule has 0 aliphatic heterocycles. The van der Waals surface area contributed by atoms with Gasteiger partial charge in [0.2, 0.25) is 0 Å². The van der Waals surface area contributed by atoms with E-state index in [0.29, 0.717) is 0 Å². The minimum atomic E-state index is -0.537. The number of ether oxygens (including phenoxy) is 1. The van der Waals surface area contributed by atoms with E-state index in [1.807, 2.05) is 0 Å². The molecule has 5 heteroatoms. The fourth-order valence-electron chi connectivity index (χ4n) is 1.65. The minimum Gasteiger partial charge on any atom is -0.496 e. The van der Waals surface area contributed by atoms with Gasteiger partial charge in [0.15, 0.2) is 5.78 Å². The summed E-state index contributed by atoms with van der Waals surface area (Å²) < 4.78 is 31.6. The molecule has 2 aromatic rings. The Morgan fingerprint density at radius 2 is 1.89 bits per heavy atom. The summed E-state index contributed by atoms with van der Waals surface area (Å²) in [6.45, 7) is 0. The number of halogens is 3. The van der Waals surface area contributed by atoms with Crippen LogP contribution in [0.4, 0.5) is 8.78 Å². The second-order valence-electron chi connectivity index (χ2n) is 3.80. The van der Waals surface area contributed by atoms with Gasteiger partial charge < -0.3 is 4.74 Å². The van der Waals surface area contributed by atoms with Gasteiger partial charge in [0.25, 0.3) is 0 Å². The van der Waals surface area contributed by atoms with Gasteiger partial charge in [-0.25, -0.2) is 8.78 Å². The van der Waals surface area contributed by atoms with Crippen LogP contribution in [0.5, 0.6) is 5.75 Å². The van der Waals surface area contributed by atoms with Crippen LogP contribution in [-0.2, 0) is 0 Å². The van der Waals surface area contributed by atoms with Crippen molar-refractivity contribution in [3.8, 4) is 5.75 Å². The molecule has 0 aliphatic rings. The van der Waals surface area contributed by atoms with Crippen molar-refractivity contribution in [1.29, 1.82) is 0 Å². The summed E-state index contributed by atoms with van der Waals surface area (Å²) in [4.78, 5) is 12.3. The number of rotatable bonds is 3. The average molecular weight is 327 g/mol. The van der Waals surface area contributed by atoms with Crippen LogP contribution in [0.15, 0.2) is 40.9 Å². The zero-order chi connectivity index (χ0) is 14.0. The molecule has 19 heavy (non-hydrogen) atoms. The minimum absolute atomic E-state index is 0.0982. The van der Waals surface area contributed by atoms with E-state index in [9.17, 15) is 13.6 Å². The van der Waals surface area contributed by atoms with Crippen LogP contribution >= 0.6 is 15.9 Å². The molecule has 0 spiro atoms. The van der Waals surface area contributed by atoms with E-state index in [2.05, 4.69) is 15.9 Å². The Balaban J connectivity index is 2.49. The maximum Gasteiger partial charge on any atom is 0.196 e. The van der Waals surface area contributed by atoms with E-state index in [4.69, 9.17) is 4.74 Å². The van der Waals surface area contributed by atoms with Crippen LogP contribution in [0.3, 0.4) is 0 Å². The highest BCUT2D eigenvalue weighted by Gasteiger charge is 2.16. The maximum atomic E-state index is 13.2. The molecule has 0 N–H and O–H groups in total. The molecule has 0 saturated carbocycles. The Hall–Kier alpha value is -1.75. The summed E-state index contributed by atoms with van der Waals surface area (Å²) in [7, 11) is 1.39. The van der Waals surface area contributed by atoms with Crippen molar-refractivity contribution >= 4 is 21.7 Å². The van der Waals surface area contributed by atoms with Crippen molar-refractivity contribution < 1.29 is 18.3 Å². The molecule has 0 heterocycles. The summed E-state index contributed by atoms with van der Waals surface area (Å²) in [6.07, 6.45) is 0. The lowest BCUT2D eigenvalue weighted by Crippen LogP contribution is -2.05. The van der Waals surface area contributed by atoms with Gasteiger partial charge in [-0.1, -0.05) is 0 Å². The van der Waals surface area contributed by atoms with Crippen LogP contribution in [0, 0.1) is 11.6 Å². The van der Waals surface area contributed by atoms with Crippen molar-refractivity contribution in [3.05, 3.63) is 63.6 Å². The van der Waals surface area contributed by atoms with Crippen LogP contribution in [0.2, 0.25) is 0 Å². The first-order valence-corrected chi connectivity index (χ1v) is 6.15. The zero-order valence-corrected chi connectivity index (χ0v) is 11.5. The third kappa shape index (κ3) is 2.81. The first-order valence-electron chi connectivity index (χ1n) is 5.36. The summed E-state index contributed by atoms with van der Waals surface area (Å²) in [5, 5.41) is 0. The summed E-state index contributed by atoms with van der Waals surface area (Å²) in [6, 6.07) is 7.54. The molecular formula is C14H9BrF2O2. The number of methoxy groups -OCH3 is 1. The fourth-order valence-corrected chi connectivity index (χ4v) is 2.03. The molecule has 0 saturated heterocycles. The van der Waals surface area contributed by atoms with Crippen LogP contribution in [0.25, 0.3) is 0 Å². The van der Waals surface area contributed by atoms with Crippen LogP contribution < -0.4 is 4.74 Å². The molecule has 2 nitrogen and oxygen atoms in total. The SMILES string of the molecule is COc1ccc(F)cc1C(=O)c1ccc(F)c(Br)c1.